The van der Waals surface area contributed by atoms with Crippen LogP contribution in [0.2, 0.25) is 0 Å². The molecule has 0 saturated carbocycles. The van der Waals surface area contributed by atoms with E-state index < -0.39 is 22.6 Å². The van der Waals surface area contributed by atoms with Crippen molar-refractivity contribution >= 4 is 0 Å². The minimum Gasteiger partial charge on any atom is -0.396 e. The van der Waals surface area contributed by atoms with Crippen LogP contribution in [-0.2, 0) is 5.41 Å². The minimum atomic E-state index is -0.750. The van der Waals surface area contributed by atoms with E-state index in [0.717, 1.165) is 6.07 Å². The third-order valence-corrected chi connectivity index (χ3v) is 3.56. The number of hydrogen-bond acceptors (Lipinski definition) is 2. The molecule has 1 rings (SSSR count). The molecule has 2 nitrogen and oxygen atoms in total. The fourth-order valence-electron chi connectivity index (χ4n) is 1.96. The second-order valence-electron chi connectivity index (χ2n) is 5.15. The van der Waals surface area contributed by atoms with Gasteiger partial charge in [0.25, 0.3) is 0 Å². The lowest BCUT2D eigenvalue weighted by Gasteiger charge is -2.42. The Morgan fingerprint density at radius 3 is 2.24 bits per heavy atom. The Kier molecular flexibility index (Phi) is 3.89. The number of nitrogens with two attached hydrogens (primary N) is 1. The van der Waals surface area contributed by atoms with Gasteiger partial charge in [-0.3, -0.25) is 0 Å². The van der Waals surface area contributed by atoms with Gasteiger partial charge in [0.1, 0.15) is 11.6 Å². The Morgan fingerprint density at radius 2 is 1.82 bits per heavy atom. The topological polar surface area (TPSA) is 46.2 Å². The minimum absolute atomic E-state index is 0.103. The van der Waals surface area contributed by atoms with Crippen LogP contribution < -0.4 is 5.73 Å². The van der Waals surface area contributed by atoms with Gasteiger partial charge in [-0.15, -0.1) is 0 Å². The second-order valence-corrected chi connectivity index (χ2v) is 5.15. The summed E-state index contributed by atoms with van der Waals surface area (Å²) in [6.07, 6.45) is 0.319. The molecule has 0 aliphatic carbocycles. The Balaban J connectivity index is 3.32. The molecule has 0 aromatic heterocycles. The molecule has 0 amide bonds. The quantitative estimate of drug-likeness (QED) is 0.852. The van der Waals surface area contributed by atoms with E-state index in [1.807, 2.05) is 0 Å². The molecule has 0 fully saturated rings. The van der Waals surface area contributed by atoms with Gasteiger partial charge in [0.05, 0.1) is 0 Å². The van der Waals surface area contributed by atoms with E-state index in [1.54, 1.807) is 20.8 Å². The van der Waals surface area contributed by atoms with Crippen molar-refractivity contribution in [3.05, 3.63) is 35.4 Å². The van der Waals surface area contributed by atoms with Crippen molar-refractivity contribution in [1.82, 2.24) is 0 Å². The molecule has 1 aromatic carbocycles. The standard InChI is InChI=1S/C13H19F2NO/c1-12(2,16)13(3,6-7-17)10-5-4-9(14)8-11(10)15/h4-5,8,17H,6-7,16H2,1-3H3. The first kappa shape index (κ1) is 14.1. The van der Waals surface area contributed by atoms with Crippen molar-refractivity contribution in [2.24, 2.45) is 5.73 Å². The monoisotopic (exact) mass is 243 g/mol. The first-order valence-electron chi connectivity index (χ1n) is 5.57. The van der Waals surface area contributed by atoms with Crippen molar-refractivity contribution in [3.63, 3.8) is 0 Å². The van der Waals surface area contributed by atoms with Crippen molar-refractivity contribution < 1.29 is 13.9 Å². The summed E-state index contributed by atoms with van der Waals surface area (Å²) >= 11 is 0. The molecule has 0 spiro atoms. The van der Waals surface area contributed by atoms with Gasteiger partial charge in [-0.25, -0.2) is 8.78 Å². The van der Waals surface area contributed by atoms with E-state index in [4.69, 9.17) is 10.8 Å². The highest BCUT2D eigenvalue weighted by Gasteiger charge is 2.40. The third-order valence-electron chi connectivity index (χ3n) is 3.56. The number of rotatable bonds is 4. The predicted octanol–water partition coefficient (Wildman–Crippen LogP) is 2.34. The Morgan fingerprint density at radius 1 is 1.24 bits per heavy atom. The molecule has 3 N–H and O–H groups in total. The van der Waals surface area contributed by atoms with Gasteiger partial charge in [-0.2, -0.15) is 0 Å². The maximum Gasteiger partial charge on any atom is 0.129 e. The van der Waals surface area contributed by atoms with Crippen molar-refractivity contribution in [2.75, 3.05) is 6.61 Å². The second kappa shape index (κ2) is 4.70. The molecule has 0 aliphatic heterocycles. The van der Waals surface area contributed by atoms with Crippen LogP contribution >= 0.6 is 0 Å². The summed E-state index contributed by atoms with van der Waals surface area (Å²) in [6.45, 7) is 5.21. The van der Waals surface area contributed by atoms with Crippen LogP contribution in [0.15, 0.2) is 18.2 Å². The molecular weight excluding hydrogens is 224 g/mol. The normalized spacial score (nSPS) is 15.7. The lowest BCUT2D eigenvalue weighted by Crippen LogP contribution is -2.53. The summed E-state index contributed by atoms with van der Waals surface area (Å²) in [5.74, 6) is -1.24. The van der Waals surface area contributed by atoms with E-state index in [1.165, 1.54) is 12.1 Å². The van der Waals surface area contributed by atoms with E-state index in [9.17, 15) is 8.78 Å². The molecule has 96 valence electrons. The average Bonchev–Trinajstić information content (AvgIpc) is 2.15. The SMILES string of the molecule is CC(C)(N)C(C)(CCO)c1ccc(F)cc1F. The van der Waals surface area contributed by atoms with Gasteiger partial charge < -0.3 is 10.8 Å². The highest BCUT2D eigenvalue weighted by molar-refractivity contribution is 5.31. The third kappa shape index (κ3) is 2.64. The summed E-state index contributed by atoms with van der Waals surface area (Å²) in [5, 5.41) is 9.12. The summed E-state index contributed by atoms with van der Waals surface area (Å²) in [4.78, 5) is 0. The predicted molar refractivity (Wildman–Crippen MR) is 63.7 cm³/mol. The largest absolute Gasteiger partial charge is 0.396 e. The fraction of sp³-hybridized carbons (Fsp3) is 0.538. The Hall–Kier alpha value is -1.00. The van der Waals surface area contributed by atoms with E-state index in [-0.39, 0.29) is 6.61 Å². The molecule has 0 saturated heterocycles. The molecule has 0 bridgehead atoms. The van der Waals surface area contributed by atoms with E-state index >= 15 is 0 Å². The maximum atomic E-state index is 13.8. The summed E-state index contributed by atoms with van der Waals surface area (Å²) in [6, 6.07) is 3.45. The summed E-state index contributed by atoms with van der Waals surface area (Å²) < 4.78 is 26.7. The number of aliphatic hydroxyl groups excluding tert-OH is 1. The van der Waals surface area contributed by atoms with Crippen molar-refractivity contribution in [2.45, 2.75) is 38.1 Å². The van der Waals surface area contributed by atoms with Crippen LogP contribution in [0.1, 0.15) is 32.8 Å². The van der Waals surface area contributed by atoms with Gasteiger partial charge in [0.2, 0.25) is 0 Å². The molecule has 0 aliphatic rings. The first-order chi connectivity index (χ1) is 7.72. The molecule has 1 unspecified atom stereocenters. The van der Waals surface area contributed by atoms with Crippen LogP contribution in [0.3, 0.4) is 0 Å². The fourth-order valence-corrected chi connectivity index (χ4v) is 1.96. The molecule has 4 heteroatoms. The van der Waals surface area contributed by atoms with Crippen molar-refractivity contribution in [3.8, 4) is 0 Å². The molecule has 17 heavy (non-hydrogen) atoms. The van der Waals surface area contributed by atoms with Crippen molar-refractivity contribution in [1.29, 1.82) is 0 Å². The first-order valence-corrected chi connectivity index (χ1v) is 5.57. The summed E-state index contributed by atoms with van der Waals surface area (Å²) in [7, 11) is 0. The van der Waals surface area contributed by atoms with Gasteiger partial charge in [0.15, 0.2) is 0 Å². The molecule has 1 atom stereocenters. The zero-order valence-electron chi connectivity index (χ0n) is 10.4. The van der Waals surface area contributed by atoms with Gasteiger partial charge in [-0.05, 0) is 31.9 Å². The Labute approximate surface area is 100 Å². The van der Waals surface area contributed by atoms with Crippen LogP contribution in [-0.4, -0.2) is 17.3 Å². The van der Waals surface area contributed by atoms with Crippen LogP contribution in [0.5, 0.6) is 0 Å². The number of halogens is 2. The highest BCUT2D eigenvalue weighted by atomic mass is 19.1. The lowest BCUT2D eigenvalue weighted by molar-refractivity contribution is 0.186. The van der Waals surface area contributed by atoms with E-state index in [2.05, 4.69) is 0 Å². The van der Waals surface area contributed by atoms with Gasteiger partial charge in [-0.1, -0.05) is 13.0 Å². The van der Waals surface area contributed by atoms with E-state index in [0.29, 0.717) is 12.0 Å². The van der Waals surface area contributed by atoms with Crippen LogP contribution in [0.25, 0.3) is 0 Å². The number of aliphatic hydroxyl groups is 1. The number of benzene rings is 1. The summed E-state index contributed by atoms with van der Waals surface area (Å²) in [5.41, 5.74) is 4.92. The molecule has 0 heterocycles. The zero-order chi connectivity index (χ0) is 13.3. The molecule has 1 aromatic rings. The van der Waals surface area contributed by atoms with Gasteiger partial charge >= 0.3 is 0 Å². The Bertz CT molecular complexity index is 401. The van der Waals surface area contributed by atoms with Gasteiger partial charge in [0, 0.05) is 23.6 Å². The molecular formula is C13H19F2NO. The number of hydrogen-bond donors (Lipinski definition) is 2. The zero-order valence-corrected chi connectivity index (χ0v) is 10.4. The average molecular weight is 243 g/mol. The molecule has 0 radical (unpaired) electrons. The lowest BCUT2D eigenvalue weighted by atomic mass is 9.66. The van der Waals surface area contributed by atoms with Crippen LogP contribution in [0, 0.1) is 11.6 Å². The highest BCUT2D eigenvalue weighted by Crippen LogP contribution is 2.38. The van der Waals surface area contributed by atoms with Crippen LogP contribution in [0.4, 0.5) is 8.78 Å². The maximum absolute atomic E-state index is 13.8. The smallest absolute Gasteiger partial charge is 0.129 e.